The molecule has 2 N–H and O–H groups in total. The van der Waals surface area contributed by atoms with Crippen molar-refractivity contribution in [2.75, 3.05) is 19.0 Å². The quantitative estimate of drug-likeness (QED) is 0.204. The number of hydrogen-bond acceptors (Lipinski definition) is 8. The Bertz CT molecular complexity index is 705. The molecule has 29 heavy (non-hydrogen) atoms. The molecular weight excluding hydrogens is 404 g/mol. The van der Waals surface area contributed by atoms with E-state index < -0.39 is 33.8 Å². The fraction of sp³-hybridized carbons (Fsp3) is 0.526. The van der Waals surface area contributed by atoms with E-state index in [1.807, 2.05) is 6.92 Å². The Hall–Kier alpha value is -2.30. The molecular formula is C19H30O9S. The molecule has 0 saturated carbocycles. The summed E-state index contributed by atoms with van der Waals surface area (Å²) in [5.41, 5.74) is 0.285. The van der Waals surface area contributed by atoms with Crippen molar-refractivity contribution in [1.82, 2.24) is 0 Å². The van der Waals surface area contributed by atoms with Crippen LogP contribution in [-0.2, 0) is 34.0 Å². The van der Waals surface area contributed by atoms with E-state index in [9.17, 15) is 22.8 Å². The van der Waals surface area contributed by atoms with Crippen LogP contribution >= 0.6 is 0 Å². The minimum Gasteiger partial charge on any atom is -0.463 e. The average molecular weight is 435 g/mol. The summed E-state index contributed by atoms with van der Waals surface area (Å²) in [6.07, 6.45) is 2.17. The van der Waals surface area contributed by atoms with Gasteiger partial charge in [-0.05, 0) is 32.6 Å². The lowest BCUT2D eigenvalue weighted by Gasteiger charge is -2.06. The van der Waals surface area contributed by atoms with E-state index in [-0.39, 0.29) is 36.2 Å². The molecule has 0 bridgehead atoms. The molecule has 166 valence electrons. The fourth-order valence-corrected chi connectivity index (χ4v) is 2.10. The van der Waals surface area contributed by atoms with Crippen LogP contribution in [-0.4, -0.2) is 55.0 Å². The van der Waals surface area contributed by atoms with Crippen molar-refractivity contribution in [1.29, 1.82) is 0 Å². The number of carbonyl (C=O) groups is 3. The third-order valence-corrected chi connectivity index (χ3v) is 4.04. The van der Waals surface area contributed by atoms with Crippen LogP contribution in [0.15, 0.2) is 36.5 Å². The van der Waals surface area contributed by atoms with Gasteiger partial charge in [0.05, 0.1) is 24.5 Å². The van der Waals surface area contributed by atoms with Crippen LogP contribution in [0, 0.1) is 0 Å². The summed E-state index contributed by atoms with van der Waals surface area (Å²) in [6, 6.07) is 0. The van der Waals surface area contributed by atoms with Crippen LogP contribution in [0.5, 0.6) is 0 Å². The van der Waals surface area contributed by atoms with Crippen LogP contribution in [0.25, 0.3) is 0 Å². The molecule has 0 aromatic rings. The molecule has 10 heteroatoms. The summed E-state index contributed by atoms with van der Waals surface area (Å²) < 4.78 is 38.6. The Kier molecular flexibility index (Phi) is 15.6. The monoisotopic (exact) mass is 434 g/mol. The summed E-state index contributed by atoms with van der Waals surface area (Å²) >= 11 is 0. The second-order valence-electron chi connectivity index (χ2n) is 5.86. The van der Waals surface area contributed by atoms with Gasteiger partial charge in [0.15, 0.2) is 0 Å². The second kappa shape index (κ2) is 15.6. The first-order valence-corrected chi connectivity index (χ1v) is 10.5. The Morgan fingerprint density at radius 2 is 1.34 bits per heavy atom. The zero-order valence-corrected chi connectivity index (χ0v) is 17.8. The van der Waals surface area contributed by atoms with E-state index in [1.54, 1.807) is 6.92 Å². The average Bonchev–Trinajstić information content (AvgIpc) is 2.64. The normalized spacial score (nSPS) is 10.2. The number of aliphatic hydroxyl groups excluding tert-OH is 1. The molecule has 0 unspecified atom stereocenters. The van der Waals surface area contributed by atoms with Crippen molar-refractivity contribution in [2.24, 2.45) is 0 Å². The van der Waals surface area contributed by atoms with Crippen LogP contribution in [0.1, 0.15) is 46.0 Å². The second-order valence-corrected chi connectivity index (χ2v) is 7.43. The number of esters is 3. The number of unbranched alkanes of at least 4 members (excludes halogenated alkanes) is 1. The molecule has 0 aromatic carbocycles. The van der Waals surface area contributed by atoms with Crippen molar-refractivity contribution < 1.29 is 41.9 Å². The summed E-state index contributed by atoms with van der Waals surface area (Å²) in [4.78, 5) is 33.5. The van der Waals surface area contributed by atoms with E-state index >= 15 is 0 Å². The first-order chi connectivity index (χ1) is 13.4. The summed E-state index contributed by atoms with van der Waals surface area (Å²) in [5.74, 6) is -2.70. The van der Waals surface area contributed by atoms with Gasteiger partial charge in [0.1, 0.15) is 0 Å². The standard InChI is InChI=1S/C13H20O6S.C6H10O3/c1-4-5-7-10(2)12(14)19-13(15)11(3)8-6-9-20(16,17)18;1-3-9-6(8)5(2)4-7/h2-9H2,1H3,(H,16,17,18);7H,2-4H2,1H3. The van der Waals surface area contributed by atoms with E-state index in [0.717, 1.165) is 12.8 Å². The van der Waals surface area contributed by atoms with E-state index in [0.29, 0.717) is 13.0 Å². The molecule has 0 rings (SSSR count). The third kappa shape index (κ3) is 16.4. The number of aliphatic hydroxyl groups is 1. The maximum absolute atomic E-state index is 11.5. The van der Waals surface area contributed by atoms with Gasteiger partial charge in [-0.3, -0.25) is 4.55 Å². The Morgan fingerprint density at radius 1 is 0.862 bits per heavy atom. The molecule has 0 atom stereocenters. The van der Waals surface area contributed by atoms with E-state index in [4.69, 9.17) is 9.66 Å². The molecule has 0 saturated heterocycles. The topological polar surface area (TPSA) is 144 Å². The van der Waals surface area contributed by atoms with Crippen LogP contribution in [0.2, 0.25) is 0 Å². The van der Waals surface area contributed by atoms with Gasteiger partial charge in [0.2, 0.25) is 0 Å². The number of ether oxygens (including phenoxy) is 2. The zero-order valence-electron chi connectivity index (χ0n) is 16.9. The van der Waals surface area contributed by atoms with Crippen molar-refractivity contribution in [2.45, 2.75) is 46.0 Å². The minimum absolute atomic E-state index is 0.0212. The zero-order chi connectivity index (χ0) is 23.0. The Labute approximate surface area is 171 Å². The maximum Gasteiger partial charge on any atom is 0.341 e. The maximum atomic E-state index is 11.5. The molecule has 9 nitrogen and oxygen atoms in total. The molecule has 0 spiro atoms. The largest absolute Gasteiger partial charge is 0.463 e. The van der Waals surface area contributed by atoms with Gasteiger partial charge in [-0.1, -0.05) is 33.1 Å². The molecule has 0 aromatic heterocycles. The van der Waals surface area contributed by atoms with Crippen molar-refractivity contribution in [3.05, 3.63) is 36.5 Å². The number of hydrogen-bond donors (Lipinski definition) is 2. The van der Waals surface area contributed by atoms with Crippen LogP contribution in [0.3, 0.4) is 0 Å². The Morgan fingerprint density at radius 3 is 1.72 bits per heavy atom. The summed E-state index contributed by atoms with van der Waals surface area (Å²) in [6.45, 7) is 13.9. The summed E-state index contributed by atoms with van der Waals surface area (Å²) in [7, 11) is -4.07. The highest BCUT2D eigenvalue weighted by atomic mass is 32.2. The first-order valence-electron chi connectivity index (χ1n) is 8.92. The van der Waals surface area contributed by atoms with Gasteiger partial charge < -0.3 is 14.6 Å². The van der Waals surface area contributed by atoms with Gasteiger partial charge >= 0.3 is 17.9 Å². The molecule has 0 radical (unpaired) electrons. The highest BCUT2D eigenvalue weighted by Gasteiger charge is 2.17. The molecule has 0 aliphatic rings. The van der Waals surface area contributed by atoms with Gasteiger partial charge in [-0.15, -0.1) is 0 Å². The van der Waals surface area contributed by atoms with Crippen molar-refractivity contribution in [3.8, 4) is 0 Å². The molecule has 0 aliphatic heterocycles. The van der Waals surface area contributed by atoms with Gasteiger partial charge in [-0.25, -0.2) is 14.4 Å². The van der Waals surface area contributed by atoms with Crippen LogP contribution in [0.4, 0.5) is 0 Å². The predicted molar refractivity (Wildman–Crippen MR) is 107 cm³/mol. The lowest BCUT2D eigenvalue weighted by atomic mass is 10.1. The lowest BCUT2D eigenvalue weighted by molar-refractivity contribution is -0.154. The van der Waals surface area contributed by atoms with Gasteiger partial charge in [-0.2, -0.15) is 8.42 Å². The molecule has 0 fully saturated rings. The SMILES string of the molecule is C=C(CCCC)C(=O)OC(=O)C(=C)CCCS(=O)(=O)O.C=C(CO)C(=O)OCC. The molecule has 0 heterocycles. The predicted octanol–water partition coefficient (Wildman–Crippen LogP) is 2.12. The van der Waals surface area contributed by atoms with Crippen molar-refractivity contribution >= 4 is 28.0 Å². The van der Waals surface area contributed by atoms with Gasteiger partial charge in [0.25, 0.3) is 10.1 Å². The highest BCUT2D eigenvalue weighted by Crippen LogP contribution is 2.11. The number of carbonyl (C=O) groups excluding carboxylic acids is 3. The highest BCUT2D eigenvalue weighted by molar-refractivity contribution is 7.85. The molecule has 0 amide bonds. The van der Waals surface area contributed by atoms with Gasteiger partial charge in [0, 0.05) is 11.1 Å². The lowest BCUT2D eigenvalue weighted by Crippen LogP contribution is -2.16. The van der Waals surface area contributed by atoms with Crippen LogP contribution < -0.4 is 0 Å². The minimum atomic E-state index is -4.07. The smallest absolute Gasteiger partial charge is 0.341 e. The number of rotatable bonds is 12. The first kappa shape index (κ1) is 28.9. The summed E-state index contributed by atoms with van der Waals surface area (Å²) in [5, 5.41) is 8.33. The Balaban J connectivity index is 0. The fourth-order valence-electron chi connectivity index (χ4n) is 1.59. The third-order valence-electron chi connectivity index (χ3n) is 3.23. The van der Waals surface area contributed by atoms with E-state index in [1.165, 1.54) is 0 Å². The van der Waals surface area contributed by atoms with Crippen molar-refractivity contribution in [3.63, 3.8) is 0 Å². The van der Waals surface area contributed by atoms with E-state index in [2.05, 4.69) is 29.2 Å². The molecule has 0 aliphatic carbocycles.